The molecule has 1 fully saturated rings. The first-order valence-electron chi connectivity index (χ1n) is 9.68. The van der Waals surface area contributed by atoms with Crippen molar-refractivity contribution < 1.29 is 14.3 Å². The molecule has 1 aliphatic heterocycles. The van der Waals surface area contributed by atoms with Gasteiger partial charge in [0.05, 0.1) is 5.56 Å². The molecule has 0 unspecified atom stereocenters. The lowest BCUT2D eigenvalue weighted by Crippen LogP contribution is -2.56. The Bertz CT molecular complexity index is 900. The van der Waals surface area contributed by atoms with Crippen molar-refractivity contribution in [2.45, 2.75) is 52.8 Å². The fraction of sp³-hybridized carbons (Fsp3) is 0.524. The lowest BCUT2D eigenvalue weighted by molar-refractivity contribution is 0.00201. The van der Waals surface area contributed by atoms with Crippen LogP contribution >= 0.6 is 15.9 Å². The van der Waals surface area contributed by atoms with Crippen molar-refractivity contribution in [3.8, 4) is 0 Å². The van der Waals surface area contributed by atoms with E-state index in [1.165, 1.54) is 0 Å². The lowest BCUT2D eigenvalue weighted by Gasteiger charge is -2.40. The molecule has 2 amide bonds. The summed E-state index contributed by atoms with van der Waals surface area (Å²) in [4.78, 5) is 29.2. The molecule has 28 heavy (non-hydrogen) atoms. The largest absolute Gasteiger partial charge is 0.444 e. The van der Waals surface area contributed by atoms with Gasteiger partial charge in [-0.1, -0.05) is 22.0 Å². The van der Waals surface area contributed by atoms with Crippen molar-refractivity contribution >= 4 is 38.8 Å². The summed E-state index contributed by atoms with van der Waals surface area (Å²) in [5.74, 6) is 0.00945. The van der Waals surface area contributed by atoms with E-state index in [1.807, 2.05) is 57.0 Å². The number of benzene rings is 1. The minimum atomic E-state index is -0.528. The van der Waals surface area contributed by atoms with E-state index in [0.717, 1.165) is 21.9 Å². The molecule has 0 N–H and O–H groups in total. The monoisotopic (exact) mass is 449 g/mol. The molecule has 1 aromatic heterocycles. The summed E-state index contributed by atoms with van der Waals surface area (Å²) >= 11 is 3.51. The fourth-order valence-electron chi connectivity index (χ4n) is 3.60. The number of amides is 2. The minimum absolute atomic E-state index is 0.00945. The van der Waals surface area contributed by atoms with Gasteiger partial charge in [-0.2, -0.15) is 0 Å². The maximum atomic E-state index is 13.2. The Morgan fingerprint density at radius 1 is 1.25 bits per heavy atom. The normalized spacial score (nSPS) is 17.9. The van der Waals surface area contributed by atoms with Crippen LogP contribution in [0.4, 0.5) is 4.79 Å². The molecule has 0 radical (unpaired) electrons. The topological polar surface area (TPSA) is 54.8 Å². The second kappa shape index (κ2) is 7.78. The SMILES string of the molecule is CCn1cc(C(=O)N2CCN(C(=O)OC(C)(C)C)[C@@H](C)C2)c2ccc(Br)cc21. The summed E-state index contributed by atoms with van der Waals surface area (Å²) in [6, 6.07) is 5.89. The molecule has 2 heterocycles. The standard InChI is InChI=1S/C21H28BrN3O3/c1-6-23-13-17(16-8-7-15(22)11-18(16)23)19(26)24-9-10-25(14(2)12-24)20(27)28-21(3,4)5/h7-8,11,13-14H,6,9-10,12H2,1-5H3/t14-/m0/s1. The highest BCUT2D eigenvalue weighted by Crippen LogP contribution is 2.27. The number of hydrogen-bond acceptors (Lipinski definition) is 3. The van der Waals surface area contributed by atoms with Crippen molar-refractivity contribution in [3.05, 3.63) is 34.4 Å². The molecule has 3 rings (SSSR count). The van der Waals surface area contributed by atoms with Crippen LogP contribution in [0.2, 0.25) is 0 Å². The van der Waals surface area contributed by atoms with Gasteiger partial charge in [-0.3, -0.25) is 4.79 Å². The Morgan fingerprint density at radius 2 is 1.96 bits per heavy atom. The molecule has 152 valence electrons. The van der Waals surface area contributed by atoms with Gasteiger partial charge < -0.3 is 19.1 Å². The molecule has 1 atom stereocenters. The number of piperazine rings is 1. The zero-order valence-corrected chi connectivity index (χ0v) is 18.7. The minimum Gasteiger partial charge on any atom is -0.444 e. The van der Waals surface area contributed by atoms with Crippen molar-refractivity contribution in [1.82, 2.24) is 14.4 Å². The van der Waals surface area contributed by atoms with E-state index in [4.69, 9.17) is 4.74 Å². The average molecular weight is 450 g/mol. The molecule has 0 aliphatic carbocycles. The Morgan fingerprint density at radius 3 is 2.57 bits per heavy atom. The van der Waals surface area contributed by atoms with E-state index in [1.54, 1.807) is 4.90 Å². The van der Waals surface area contributed by atoms with E-state index in [-0.39, 0.29) is 18.0 Å². The zero-order chi connectivity index (χ0) is 20.6. The van der Waals surface area contributed by atoms with E-state index < -0.39 is 5.60 Å². The van der Waals surface area contributed by atoms with Gasteiger partial charge in [-0.05, 0) is 46.8 Å². The molecule has 0 bridgehead atoms. The van der Waals surface area contributed by atoms with Crippen molar-refractivity contribution in [2.24, 2.45) is 0 Å². The smallest absolute Gasteiger partial charge is 0.410 e. The Hall–Kier alpha value is -2.02. The van der Waals surface area contributed by atoms with Crippen molar-refractivity contribution in [2.75, 3.05) is 19.6 Å². The van der Waals surface area contributed by atoms with Gasteiger partial charge in [0, 0.05) is 53.8 Å². The van der Waals surface area contributed by atoms with Crippen molar-refractivity contribution in [3.63, 3.8) is 0 Å². The fourth-order valence-corrected chi connectivity index (χ4v) is 3.95. The number of hydrogen-bond donors (Lipinski definition) is 0. The number of ether oxygens (including phenoxy) is 1. The third-order valence-electron chi connectivity index (χ3n) is 4.96. The van der Waals surface area contributed by atoms with Crippen LogP contribution in [0.15, 0.2) is 28.9 Å². The molecule has 1 aliphatic rings. The highest BCUT2D eigenvalue weighted by molar-refractivity contribution is 9.10. The number of rotatable bonds is 2. The quantitative estimate of drug-likeness (QED) is 0.677. The van der Waals surface area contributed by atoms with Crippen LogP contribution in [-0.2, 0) is 11.3 Å². The zero-order valence-electron chi connectivity index (χ0n) is 17.2. The molecule has 0 spiro atoms. The molecular weight excluding hydrogens is 422 g/mol. The lowest BCUT2D eigenvalue weighted by atomic mass is 10.1. The maximum Gasteiger partial charge on any atom is 0.410 e. The van der Waals surface area contributed by atoms with Crippen LogP contribution in [0.1, 0.15) is 45.0 Å². The van der Waals surface area contributed by atoms with Crippen LogP contribution < -0.4 is 0 Å². The molecule has 1 saturated heterocycles. The number of carbonyl (C=O) groups excluding carboxylic acids is 2. The van der Waals surface area contributed by atoms with Crippen LogP contribution in [0.3, 0.4) is 0 Å². The van der Waals surface area contributed by atoms with Gasteiger partial charge in [0.1, 0.15) is 5.60 Å². The molecule has 0 saturated carbocycles. The Labute approximate surface area is 174 Å². The second-order valence-corrected chi connectivity index (χ2v) is 9.18. The summed E-state index contributed by atoms with van der Waals surface area (Å²) < 4.78 is 8.57. The number of nitrogens with zero attached hydrogens (tertiary/aromatic N) is 3. The first kappa shape index (κ1) is 20.7. The molecule has 6 nitrogen and oxygen atoms in total. The molecule has 1 aromatic carbocycles. The number of aromatic nitrogens is 1. The van der Waals surface area contributed by atoms with Gasteiger partial charge in [-0.25, -0.2) is 4.79 Å². The van der Waals surface area contributed by atoms with Gasteiger partial charge in [0.15, 0.2) is 0 Å². The van der Waals surface area contributed by atoms with Gasteiger partial charge in [0.25, 0.3) is 5.91 Å². The van der Waals surface area contributed by atoms with Crippen LogP contribution in [0.25, 0.3) is 10.9 Å². The third kappa shape index (κ3) is 4.19. The second-order valence-electron chi connectivity index (χ2n) is 8.26. The molecule has 2 aromatic rings. The number of carbonyl (C=O) groups is 2. The predicted molar refractivity (Wildman–Crippen MR) is 114 cm³/mol. The summed E-state index contributed by atoms with van der Waals surface area (Å²) in [5, 5.41) is 0.956. The maximum absolute atomic E-state index is 13.2. The van der Waals surface area contributed by atoms with Crippen molar-refractivity contribution in [1.29, 1.82) is 0 Å². The average Bonchev–Trinajstić information content (AvgIpc) is 2.97. The van der Waals surface area contributed by atoms with Gasteiger partial charge in [-0.15, -0.1) is 0 Å². The number of halogens is 1. The van der Waals surface area contributed by atoms with Gasteiger partial charge >= 0.3 is 6.09 Å². The number of aryl methyl sites for hydroxylation is 1. The summed E-state index contributed by atoms with van der Waals surface area (Å²) in [6.07, 6.45) is 1.61. The molecular formula is C21H28BrN3O3. The summed E-state index contributed by atoms with van der Waals surface area (Å²) in [5.41, 5.74) is 1.22. The summed E-state index contributed by atoms with van der Waals surface area (Å²) in [6.45, 7) is 11.9. The number of fused-ring (bicyclic) bond motifs is 1. The van der Waals surface area contributed by atoms with Crippen LogP contribution in [-0.4, -0.2) is 57.6 Å². The van der Waals surface area contributed by atoms with Gasteiger partial charge in [0.2, 0.25) is 0 Å². The van der Waals surface area contributed by atoms with E-state index >= 15 is 0 Å². The Kier molecular flexibility index (Phi) is 5.75. The molecule has 7 heteroatoms. The van der Waals surface area contributed by atoms with E-state index in [0.29, 0.717) is 25.2 Å². The highest BCUT2D eigenvalue weighted by atomic mass is 79.9. The first-order valence-corrected chi connectivity index (χ1v) is 10.5. The van der Waals surface area contributed by atoms with E-state index in [9.17, 15) is 9.59 Å². The highest BCUT2D eigenvalue weighted by Gasteiger charge is 2.33. The summed E-state index contributed by atoms with van der Waals surface area (Å²) in [7, 11) is 0. The van der Waals surface area contributed by atoms with Crippen LogP contribution in [0.5, 0.6) is 0 Å². The first-order chi connectivity index (χ1) is 13.1. The Balaban J connectivity index is 1.78. The predicted octanol–water partition coefficient (Wildman–Crippen LogP) is 4.51. The third-order valence-corrected chi connectivity index (χ3v) is 5.45. The van der Waals surface area contributed by atoms with E-state index in [2.05, 4.69) is 27.4 Å². The van der Waals surface area contributed by atoms with Crippen LogP contribution in [0, 0.1) is 0 Å².